The summed E-state index contributed by atoms with van der Waals surface area (Å²) in [5.74, 6) is 0.131. The lowest BCUT2D eigenvalue weighted by Crippen LogP contribution is -2.33. The molecule has 3 aromatic carbocycles. The van der Waals surface area contributed by atoms with Crippen LogP contribution in [0.15, 0.2) is 83.8 Å². The highest BCUT2D eigenvalue weighted by Crippen LogP contribution is 2.45. The minimum Gasteiger partial charge on any atom is -0.313 e. The summed E-state index contributed by atoms with van der Waals surface area (Å²) < 4.78 is 0. The van der Waals surface area contributed by atoms with E-state index in [1.807, 2.05) is 43.4 Å². The molecule has 4 rings (SSSR count). The van der Waals surface area contributed by atoms with E-state index in [4.69, 9.17) is 0 Å². The first-order chi connectivity index (χ1) is 11.7. The van der Waals surface area contributed by atoms with Gasteiger partial charge in [-0.3, -0.25) is 4.79 Å². The van der Waals surface area contributed by atoms with Gasteiger partial charge in [0.15, 0.2) is 0 Å². The van der Waals surface area contributed by atoms with Crippen LogP contribution in [-0.2, 0) is 4.79 Å². The molecule has 0 aliphatic carbocycles. The number of carbonyl (C=O) groups is 1. The monoisotopic (exact) mass is 331 g/mol. The molecule has 1 unspecified atom stereocenters. The molecule has 0 aromatic heterocycles. The largest absolute Gasteiger partial charge is 0.313 e. The lowest BCUT2D eigenvalue weighted by Gasteiger charge is -2.31. The van der Waals surface area contributed by atoms with Crippen LogP contribution < -0.4 is 4.90 Å². The Labute approximate surface area is 146 Å². The quantitative estimate of drug-likeness (QED) is 0.646. The third-order valence-corrected chi connectivity index (χ3v) is 5.66. The van der Waals surface area contributed by atoms with Crippen LogP contribution >= 0.6 is 11.8 Å². The number of fused-ring (bicyclic) bond motifs is 1. The van der Waals surface area contributed by atoms with Crippen molar-refractivity contribution in [3.8, 4) is 11.1 Å². The van der Waals surface area contributed by atoms with Crippen molar-refractivity contribution >= 4 is 23.4 Å². The summed E-state index contributed by atoms with van der Waals surface area (Å²) in [7, 11) is 1.85. The first-order valence-electron chi connectivity index (χ1n) is 7.93. The zero-order chi connectivity index (χ0) is 16.5. The smallest absolute Gasteiger partial charge is 0.244 e. The van der Waals surface area contributed by atoms with Gasteiger partial charge in [0.05, 0.1) is 5.69 Å². The van der Waals surface area contributed by atoms with Crippen molar-refractivity contribution in [1.29, 1.82) is 0 Å². The van der Waals surface area contributed by atoms with E-state index >= 15 is 0 Å². The molecule has 0 radical (unpaired) electrons. The molecule has 2 nitrogen and oxygen atoms in total. The third-order valence-electron chi connectivity index (χ3n) is 4.35. The van der Waals surface area contributed by atoms with Gasteiger partial charge in [0, 0.05) is 11.9 Å². The molecular formula is C21H17NOS. The van der Waals surface area contributed by atoms with Crippen molar-refractivity contribution in [3.63, 3.8) is 0 Å². The summed E-state index contributed by atoms with van der Waals surface area (Å²) in [5, 5.41) is -0.185. The van der Waals surface area contributed by atoms with Crippen LogP contribution in [-0.4, -0.2) is 13.0 Å². The number of carbonyl (C=O) groups excluding carboxylic acids is 1. The van der Waals surface area contributed by atoms with E-state index in [2.05, 4.69) is 42.5 Å². The Bertz CT molecular complexity index is 874. The van der Waals surface area contributed by atoms with E-state index in [9.17, 15) is 4.79 Å². The number of thioether (sulfide) groups is 1. The highest BCUT2D eigenvalue weighted by molar-refractivity contribution is 8.00. The molecule has 0 fully saturated rings. The molecule has 3 heteroatoms. The van der Waals surface area contributed by atoms with Crippen molar-refractivity contribution in [2.45, 2.75) is 10.1 Å². The van der Waals surface area contributed by atoms with E-state index in [1.54, 1.807) is 16.7 Å². The molecule has 1 amide bonds. The van der Waals surface area contributed by atoms with E-state index in [0.717, 1.165) is 16.1 Å². The highest BCUT2D eigenvalue weighted by atomic mass is 32.2. The second-order valence-electron chi connectivity index (χ2n) is 5.85. The second-order valence-corrected chi connectivity index (χ2v) is 7.00. The summed E-state index contributed by atoms with van der Waals surface area (Å²) in [5.41, 5.74) is 4.39. The topological polar surface area (TPSA) is 20.3 Å². The minimum atomic E-state index is -0.185. The summed E-state index contributed by atoms with van der Waals surface area (Å²) in [6, 6.07) is 26.7. The molecule has 1 aliphatic heterocycles. The number of likely N-dealkylation sites (N-methyl/N-ethyl adjacent to an activating group) is 1. The molecule has 24 heavy (non-hydrogen) atoms. The van der Waals surface area contributed by atoms with Gasteiger partial charge in [-0.25, -0.2) is 0 Å². The van der Waals surface area contributed by atoms with Gasteiger partial charge in [-0.05, 0) is 28.8 Å². The van der Waals surface area contributed by atoms with Crippen LogP contribution in [0.2, 0.25) is 0 Å². The van der Waals surface area contributed by atoms with Crippen molar-refractivity contribution < 1.29 is 4.79 Å². The molecule has 0 saturated heterocycles. The van der Waals surface area contributed by atoms with Gasteiger partial charge in [0.2, 0.25) is 5.91 Å². The fourth-order valence-electron chi connectivity index (χ4n) is 3.00. The highest BCUT2D eigenvalue weighted by Gasteiger charge is 2.32. The number of rotatable bonds is 2. The number of para-hydroxylation sites is 1. The fourth-order valence-corrected chi connectivity index (χ4v) is 4.29. The molecule has 0 spiro atoms. The number of hydrogen-bond acceptors (Lipinski definition) is 2. The lowest BCUT2D eigenvalue weighted by molar-refractivity contribution is -0.118. The SMILES string of the molecule is CN1C(=O)C(c2ccc(-c3ccccc3)cc2)Sc2ccccc21. The van der Waals surface area contributed by atoms with Crippen LogP contribution in [0.25, 0.3) is 11.1 Å². The van der Waals surface area contributed by atoms with E-state index < -0.39 is 0 Å². The van der Waals surface area contributed by atoms with E-state index in [1.165, 1.54) is 11.1 Å². The summed E-state index contributed by atoms with van der Waals surface area (Å²) in [6.45, 7) is 0. The maximum atomic E-state index is 12.7. The molecule has 1 atom stereocenters. The molecule has 1 aliphatic rings. The zero-order valence-electron chi connectivity index (χ0n) is 13.3. The molecule has 118 valence electrons. The van der Waals surface area contributed by atoms with Crippen molar-refractivity contribution in [3.05, 3.63) is 84.4 Å². The van der Waals surface area contributed by atoms with Crippen LogP contribution in [0.3, 0.4) is 0 Å². The average molecular weight is 331 g/mol. The van der Waals surface area contributed by atoms with Gasteiger partial charge in [-0.2, -0.15) is 0 Å². The zero-order valence-corrected chi connectivity index (χ0v) is 14.2. The number of anilines is 1. The Balaban J connectivity index is 1.66. The molecule has 1 heterocycles. The Morgan fingerprint density at radius 2 is 1.42 bits per heavy atom. The first-order valence-corrected chi connectivity index (χ1v) is 8.80. The lowest BCUT2D eigenvalue weighted by atomic mass is 10.0. The molecule has 0 bridgehead atoms. The van der Waals surface area contributed by atoms with Gasteiger partial charge in [-0.1, -0.05) is 66.7 Å². The van der Waals surface area contributed by atoms with Gasteiger partial charge in [0.1, 0.15) is 5.25 Å². The molecule has 0 saturated carbocycles. The van der Waals surface area contributed by atoms with Gasteiger partial charge < -0.3 is 4.90 Å². The first kappa shape index (κ1) is 15.0. The summed E-state index contributed by atoms with van der Waals surface area (Å²) >= 11 is 1.63. The van der Waals surface area contributed by atoms with Crippen molar-refractivity contribution in [2.24, 2.45) is 0 Å². The summed E-state index contributed by atoms with van der Waals surface area (Å²) in [6.07, 6.45) is 0. The predicted molar refractivity (Wildman–Crippen MR) is 100 cm³/mol. The van der Waals surface area contributed by atoms with E-state index in [0.29, 0.717) is 0 Å². The van der Waals surface area contributed by atoms with Crippen molar-refractivity contribution in [1.82, 2.24) is 0 Å². The maximum Gasteiger partial charge on any atom is 0.244 e. The normalized spacial score (nSPS) is 16.8. The van der Waals surface area contributed by atoms with Gasteiger partial charge >= 0.3 is 0 Å². The van der Waals surface area contributed by atoms with Crippen LogP contribution in [0.5, 0.6) is 0 Å². The number of benzene rings is 3. The Hall–Kier alpha value is -2.52. The van der Waals surface area contributed by atoms with Gasteiger partial charge in [-0.15, -0.1) is 11.8 Å². The molecular weight excluding hydrogens is 314 g/mol. The Morgan fingerprint density at radius 3 is 2.17 bits per heavy atom. The number of amides is 1. The third kappa shape index (κ3) is 2.61. The Morgan fingerprint density at radius 1 is 0.792 bits per heavy atom. The van der Waals surface area contributed by atoms with E-state index in [-0.39, 0.29) is 11.2 Å². The second kappa shape index (κ2) is 6.17. The fraction of sp³-hybridized carbons (Fsp3) is 0.0952. The molecule has 3 aromatic rings. The standard InChI is InChI=1S/C21H17NOS/c1-22-18-9-5-6-10-19(18)24-20(21(22)23)17-13-11-16(12-14-17)15-7-3-2-4-8-15/h2-14,20H,1H3. The summed E-state index contributed by atoms with van der Waals surface area (Å²) in [4.78, 5) is 15.7. The number of hydrogen-bond donors (Lipinski definition) is 0. The average Bonchev–Trinajstić information content (AvgIpc) is 2.66. The van der Waals surface area contributed by atoms with Crippen LogP contribution in [0, 0.1) is 0 Å². The predicted octanol–water partition coefficient (Wildman–Crippen LogP) is 5.16. The molecule has 0 N–H and O–H groups in total. The Kier molecular flexibility index (Phi) is 3.87. The van der Waals surface area contributed by atoms with Crippen LogP contribution in [0.4, 0.5) is 5.69 Å². The van der Waals surface area contributed by atoms with Crippen molar-refractivity contribution in [2.75, 3.05) is 11.9 Å². The number of nitrogens with zero attached hydrogens (tertiary/aromatic N) is 1. The van der Waals surface area contributed by atoms with Crippen LogP contribution in [0.1, 0.15) is 10.8 Å². The van der Waals surface area contributed by atoms with Gasteiger partial charge in [0.25, 0.3) is 0 Å². The minimum absolute atomic E-state index is 0.131. The maximum absolute atomic E-state index is 12.7.